The molecule has 3 nitrogen and oxygen atoms in total. The first-order chi connectivity index (χ1) is 9.31. The van der Waals surface area contributed by atoms with Crippen LogP contribution in [0.5, 0.6) is 0 Å². The molecule has 7 heteroatoms. The Labute approximate surface area is 122 Å². The zero-order valence-corrected chi connectivity index (χ0v) is 12.3. The summed E-state index contributed by atoms with van der Waals surface area (Å²) < 4.78 is 38.6. The SMILES string of the molecule is CCN(CC(F)(F)F)c1ccc(N)c2cc(Br)cnc12. The van der Waals surface area contributed by atoms with Crippen molar-refractivity contribution >= 4 is 38.2 Å². The van der Waals surface area contributed by atoms with Gasteiger partial charge < -0.3 is 10.6 Å². The highest BCUT2D eigenvalue weighted by Crippen LogP contribution is 2.32. The summed E-state index contributed by atoms with van der Waals surface area (Å²) in [4.78, 5) is 5.44. The Hall–Kier alpha value is -1.50. The van der Waals surface area contributed by atoms with Crippen molar-refractivity contribution in [1.82, 2.24) is 4.98 Å². The lowest BCUT2D eigenvalue weighted by atomic mass is 10.1. The number of hydrogen-bond acceptors (Lipinski definition) is 3. The Morgan fingerprint density at radius 1 is 1.35 bits per heavy atom. The van der Waals surface area contributed by atoms with Gasteiger partial charge >= 0.3 is 6.18 Å². The van der Waals surface area contributed by atoms with Gasteiger partial charge in [0.2, 0.25) is 0 Å². The van der Waals surface area contributed by atoms with Crippen LogP contribution in [-0.4, -0.2) is 24.2 Å². The lowest BCUT2D eigenvalue weighted by Crippen LogP contribution is -2.34. The topological polar surface area (TPSA) is 42.1 Å². The number of aromatic nitrogens is 1. The smallest absolute Gasteiger partial charge is 0.398 e. The van der Waals surface area contributed by atoms with E-state index in [1.54, 1.807) is 31.3 Å². The molecule has 0 unspecified atom stereocenters. The van der Waals surface area contributed by atoms with Crippen molar-refractivity contribution in [3.05, 3.63) is 28.9 Å². The summed E-state index contributed by atoms with van der Waals surface area (Å²) in [5.41, 5.74) is 7.25. The van der Waals surface area contributed by atoms with Gasteiger partial charge in [-0.25, -0.2) is 0 Å². The minimum Gasteiger partial charge on any atom is -0.398 e. The number of rotatable bonds is 3. The fourth-order valence-corrected chi connectivity index (χ4v) is 2.37. The van der Waals surface area contributed by atoms with E-state index >= 15 is 0 Å². The van der Waals surface area contributed by atoms with Gasteiger partial charge in [0, 0.05) is 28.3 Å². The van der Waals surface area contributed by atoms with Gasteiger partial charge in [-0.3, -0.25) is 4.98 Å². The third-order valence-corrected chi connectivity index (χ3v) is 3.35. The van der Waals surface area contributed by atoms with Crippen LogP contribution < -0.4 is 10.6 Å². The molecule has 1 heterocycles. The summed E-state index contributed by atoms with van der Waals surface area (Å²) in [6.45, 7) is 0.892. The van der Waals surface area contributed by atoms with Crippen LogP contribution in [0, 0.1) is 0 Å². The Balaban J connectivity index is 2.56. The highest BCUT2D eigenvalue weighted by molar-refractivity contribution is 9.10. The Morgan fingerprint density at radius 2 is 2.05 bits per heavy atom. The molecule has 0 atom stereocenters. The van der Waals surface area contributed by atoms with Crippen LogP contribution in [-0.2, 0) is 0 Å². The molecule has 108 valence electrons. The van der Waals surface area contributed by atoms with E-state index in [0.29, 0.717) is 22.3 Å². The minimum atomic E-state index is -4.26. The maximum absolute atomic E-state index is 12.6. The van der Waals surface area contributed by atoms with Crippen LogP contribution in [0.15, 0.2) is 28.9 Å². The van der Waals surface area contributed by atoms with E-state index in [9.17, 15) is 13.2 Å². The van der Waals surface area contributed by atoms with Crippen LogP contribution in [0.2, 0.25) is 0 Å². The van der Waals surface area contributed by atoms with E-state index in [4.69, 9.17) is 5.73 Å². The summed E-state index contributed by atoms with van der Waals surface area (Å²) in [6, 6.07) is 4.93. The number of halogens is 4. The average Bonchev–Trinajstić information content (AvgIpc) is 2.36. The second-order valence-corrected chi connectivity index (χ2v) is 5.27. The van der Waals surface area contributed by atoms with Gasteiger partial charge in [0.1, 0.15) is 6.54 Å². The maximum atomic E-state index is 12.6. The minimum absolute atomic E-state index is 0.232. The summed E-state index contributed by atoms with van der Waals surface area (Å²) in [7, 11) is 0. The van der Waals surface area contributed by atoms with Crippen LogP contribution in [0.25, 0.3) is 10.9 Å². The molecule has 0 radical (unpaired) electrons. The highest BCUT2D eigenvalue weighted by atomic mass is 79.9. The predicted octanol–water partition coefficient (Wildman–Crippen LogP) is 3.97. The Kier molecular flexibility index (Phi) is 4.08. The molecule has 0 spiro atoms. The number of nitrogens with zero attached hydrogens (tertiary/aromatic N) is 2. The molecule has 2 N–H and O–H groups in total. The largest absolute Gasteiger partial charge is 0.405 e. The Bertz CT molecular complexity index is 628. The quantitative estimate of drug-likeness (QED) is 0.854. The fraction of sp³-hybridized carbons (Fsp3) is 0.308. The molecular weight excluding hydrogens is 335 g/mol. The van der Waals surface area contributed by atoms with E-state index in [0.717, 1.165) is 4.47 Å². The average molecular weight is 348 g/mol. The molecule has 2 aromatic rings. The molecule has 0 saturated heterocycles. The molecule has 0 bridgehead atoms. The van der Waals surface area contributed by atoms with Gasteiger partial charge in [-0.15, -0.1) is 0 Å². The monoisotopic (exact) mass is 347 g/mol. The molecule has 0 aliphatic rings. The summed E-state index contributed by atoms with van der Waals surface area (Å²) in [5.74, 6) is 0. The molecule has 1 aromatic heterocycles. The molecule has 0 aliphatic heterocycles. The van der Waals surface area contributed by atoms with Gasteiger partial charge in [-0.2, -0.15) is 13.2 Å². The van der Waals surface area contributed by atoms with Gasteiger partial charge in [0.05, 0.1) is 11.2 Å². The molecule has 2 rings (SSSR count). The maximum Gasteiger partial charge on any atom is 0.405 e. The number of fused-ring (bicyclic) bond motifs is 1. The highest BCUT2D eigenvalue weighted by Gasteiger charge is 2.31. The molecular formula is C13H13BrF3N3. The zero-order valence-electron chi connectivity index (χ0n) is 10.7. The standard InChI is InChI=1S/C13H13BrF3N3/c1-2-20(7-13(15,16)17)11-4-3-10(18)9-5-8(14)6-19-12(9)11/h3-6H,2,7,18H2,1H3. The third-order valence-electron chi connectivity index (χ3n) is 2.92. The molecule has 0 amide bonds. The van der Waals surface area contributed by atoms with Gasteiger partial charge in [0.25, 0.3) is 0 Å². The number of benzene rings is 1. The fourth-order valence-electron chi connectivity index (χ4n) is 2.04. The van der Waals surface area contributed by atoms with Crippen molar-refractivity contribution in [2.45, 2.75) is 13.1 Å². The second kappa shape index (κ2) is 5.47. The van der Waals surface area contributed by atoms with Gasteiger partial charge in [-0.05, 0) is 41.1 Å². The van der Waals surface area contributed by atoms with Crippen molar-refractivity contribution in [3.63, 3.8) is 0 Å². The first-order valence-corrected chi connectivity index (χ1v) is 6.76. The number of hydrogen-bond donors (Lipinski definition) is 1. The number of alkyl halides is 3. The molecule has 0 fully saturated rings. The van der Waals surface area contributed by atoms with Crippen molar-refractivity contribution in [1.29, 1.82) is 0 Å². The predicted molar refractivity (Wildman–Crippen MR) is 77.8 cm³/mol. The second-order valence-electron chi connectivity index (χ2n) is 4.35. The first-order valence-electron chi connectivity index (χ1n) is 5.97. The molecule has 1 aromatic carbocycles. The van der Waals surface area contributed by atoms with Crippen LogP contribution in [0.1, 0.15) is 6.92 Å². The van der Waals surface area contributed by atoms with E-state index in [1.807, 2.05) is 0 Å². The number of pyridine rings is 1. The van der Waals surface area contributed by atoms with E-state index in [2.05, 4.69) is 20.9 Å². The number of nitrogen functional groups attached to an aromatic ring is 1. The van der Waals surface area contributed by atoms with Crippen molar-refractivity contribution < 1.29 is 13.2 Å². The Morgan fingerprint density at radius 3 is 2.65 bits per heavy atom. The normalized spacial score (nSPS) is 11.8. The summed E-state index contributed by atoms with van der Waals surface area (Å²) in [6.07, 6.45) is -2.72. The van der Waals surface area contributed by atoms with Crippen molar-refractivity contribution in [2.24, 2.45) is 0 Å². The lowest BCUT2D eigenvalue weighted by Gasteiger charge is -2.25. The van der Waals surface area contributed by atoms with E-state index in [1.165, 1.54) is 4.90 Å². The third kappa shape index (κ3) is 3.15. The van der Waals surface area contributed by atoms with Crippen molar-refractivity contribution in [2.75, 3.05) is 23.7 Å². The summed E-state index contributed by atoms with van der Waals surface area (Å²) >= 11 is 3.28. The molecule has 20 heavy (non-hydrogen) atoms. The lowest BCUT2D eigenvalue weighted by molar-refractivity contribution is -0.119. The van der Waals surface area contributed by atoms with Gasteiger partial charge in [-0.1, -0.05) is 0 Å². The molecule has 0 saturated carbocycles. The van der Waals surface area contributed by atoms with Crippen LogP contribution in [0.4, 0.5) is 24.5 Å². The van der Waals surface area contributed by atoms with Crippen LogP contribution >= 0.6 is 15.9 Å². The van der Waals surface area contributed by atoms with E-state index in [-0.39, 0.29) is 6.54 Å². The number of anilines is 2. The van der Waals surface area contributed by atoms with Crippen LogP contribution in [0.3, 0.4) is 0 Å². The van der Waals surface area contributed by atoms with E-state index < -0.39 is 12.7 Å². The molecule has 0 aliphatic carbocycles. The first kappa shape index (κ1) is 14.9. The summed E-state index contributed by atoms with van der Waals surface area (Å²) in [5, 5.41) is 0.637. The zero-order chi connectivity index (χ0) is 14.9. The van der Waals surface area contributed by atoms with Gasteiger partial charge in [0.15, 0.2) is 0 Å². The number of nitrogens with two attached hydrogens (primary N) is 1. The van der Waals surface area contributed by atoms with Crippen molar-refractivity contribution in [3.8, 4) is 0 Å².